The summed E-state index contributed by atoms with van der Waals surface area (Å²) in [6, 6.07) is 3.93. The second-order valence-electron chi connectivity index (χ2n) is 3.37. The first-order valence-electron chi connectivity index (χ1n) is 5.06. The quantitative estimate of drug-likeness (QED) is 0.836. The van der Waals surface area contributed by atoms with Crippen LogP contribution < -0.4 is 4.72 Å². The van der Waals surface area contributed by atoms with Crippen molar-refractivity contribution in [3.05, 3.63) is 28.8 Å². The van der Waals surface area contributed by atoms with E-state index in [0.717, 1.165) is 0 Å². The Hall–Kier alpha value is -1.36. The molecule has 104 valence electrons. The minimum Gasteiger partial charge on any atom is -0.395 e. The molecule has 0 amide bonds. The molecule has 8 heteroatoms. The third-order valence-corrected chi connectivity index (χ3v) is 3.14. The van der Waals surface area contributed by atoms with Crippen molar-refractivity contribution in [3.8, 4) is 11.8 Å². The number of halogens is 3. The van der Waals surface area contributed by atoms with Crippen molar-refractivity contribution < 1.29 is 22.3 Å². The van der Waals surface area contributed by atoms with E-state index in [1.807, 2.05) is 0 Å². The van der Waals surface area contributed by atoms with Crippen molar-refractivity contribution in [2.75, 3.05) is 11.3 Å². The molecule has 0 aliphatic rings. The van der Waals surface area contributed by atoms with E-state index in [-0.39, 0.29) is 29.3 Å². The molecule has 2 N–H and O–H groups in total. The fourth-order valence-electron chi connectivity index (χ4n) is 1.12. The lowest BCUT2D eigenvalue weighted by molar-refractivity contribution is 0.236. The number of hydrogen-bond acceptors (Lipinski definition) is 3. The van der Waals surface area contributed by atoms with Gasteiger partial charge in [-0.25, -0.2) is 8.42 Å². The Morgan fingerprint density at radius 1 is 1.42 bits per heavy atom. The van der Waals surface area contributed by atoms with Gasteiger partial charge in [0.1, 0.15) is 0 Å². The molecule has 0 aromatic heterocycles. The Morgan fingerprint density at radius 3 is 2.68 bits per heavy atom. The molecule has 1 aromatic rings. The number of rotatable bonds is 4. The van der Waals surface area contributed by atoms with Gasteiger partial charge in [0, 0.05) is 11.4 Å². The smallest absolute Gasteiger partial charge is 0.355 e. The van der Waals surface area contributed by atoms with Gasteiger partial charge in [-0.15, -0.1) is 0 Å². The molecule has 4 nitrogen and oxygen atoms in total. The Kier molecular flexibility index (Phi) is 5.54. The summed E-state index contributed by atoms with van der Waals surface area (Å²) in [4.78, 5) is 0. The maximum absolute atomic E-state index is 12.3. The lowest BCUT2D eigenvalue weighted by Gasteiger charge is -2.09. The number of anilines is 1. The lowest BCUT2D eigenvalue weighted by atomic mass is 10.2. The molecular weight excluding hydrogens is 300 g/mol. The van der Waals surface area contributed by atoms with E-state index in [1.54, 1.807) is 4.72 Å². The first-order chi connectivity index (χ1) is 8.86. The highest BCUT2D eigenvalue weighted by Crippen LogP contribution is 2.22. The average molecular weight is 310 g/mol. The third kappa shape index (κ3) is 4.67. The second-order valence-corrected chi connectivity index (χ2v) is 5.46. The Balaban J connectivity index is 3.12. The molecule has 0 fully saturated rings. The van der Waals surface area contributed by atoms with Crippen LogP contribution in [0.2, 0.25) is 5.02 Å². The Labute approximate surface area is 114 Å². The summed E-state index contributed by atoms with van der Waals surface area (Å²) in [5, 5.41) is 8.87. The van der Waals surface area contributed by atoms with Crippen molar-refractivity contribution in [1.82, 2.24) is 0 Å². The van der Waals surface area contributed by atoms with Gasteiger partial charge in [-0.2, -0.15) is 8.78 Å². The van der Waals surface area contributed by atoms with E-state index in [1.165, 1.54) is 18.2 Å². The Morgan fingerprint density at radius 2 is 2.11 bits per heavy atom. The molecule has 0 bridgehead atoms. The Bertz CT molecular complexity index is 608. The molecule has 1 rings (SSSR count). The third-order valence-electron chi connectivity index (χ3n) is 1.93. The van der Waals surface area contributed by atoms with Crippen molar-refractivity contribution >= 4 is 27.3 Å². The summed E-state index contributed by atoms with van der Waals surface area (Å²) >= 11 is 5.72. The van der Waals surface area contributed by atoms with Gasteiger partial charge < -0.3 is 5.11 Å². The summed E-state index contributed by atoms with van der Waals surface area (Å²) < 4.78 is 48.4. The topological polar surface area (TPSA) is 66.4 Å². The number of benzene rings is 1. The molecule has 0 aliphatic heterocycles. The van der Waals surface area contributed by atoms with Crippen molar-refractivity contribution in [1.29, 1.82) is 0 Å². The summed E-state index contributed by atoms with van der Waals surface area (Å²) in [6.07, 6.45) is 0.174. The maximum Gasteiger partial charge on any atom is 0.355 e. The lowest BCUT2D eigenvalue weighted by Crippen LogP contribution is -2.21. The first kappa shape index (κ1) is 15.7. The zero-order valence-electron chi connectivity index (χ0n) is 9.53. The van der Waals surface area contributed by atoms with Crippen molar-refractivity contribution in [2.45, 2.75) is 12.2 Å². The molecule has 0 heterocycles. The number of aliphatic hydroxyl groups excluding tert-OH is 1. The monoisotopic (exact) mass is 309 g/mol. The average Bonchev–Trinajstić information content (AvgIpc) is 2.32. The SMILES string of the molecule is O=S(=O)(Nc1ccc(Cl)cc1C#CCCO)C(F)F. The van der Waals surface area contributed by atoms with Crippen LogP contribution in [0.3, 0.4) is 0 Å². The van der Waals surface area contributed by atoms with Crippen LogP contribution in [0.5, 0.6) is 0 Å². The molecule has 0 saturated heterocycles. The maximum atomic E-state index is 12.3. The number of aliphatic hydroxyl groups is 1. The van der Waals surface area contributed by atoms with E-state index < -0.39 is 15.8 Å². The molecule has 0 spiro atoms. The van der Waals surface area contributed by atoms with Gasteiger partial charge in [-0.1, -0.05) is 23.4 Å². The van der Waals surface area contributed by atoms with Gasteiger partial charge >= 0.3 is 5.76 Å². The summed E-state index contributed by atoms with van der Waals surface area (Å²) in [5.74, 6) is 1.56. The van der Waals surface area contributed by atoms with Crippen LogP contribution in [0.1, 0.15) is 12.0 Å². The zero-order valence-corrected chi connectivity index (χ0v) is 11.1. The van der Waals surface area contributed by atoms with Gasteiger partial charge in [0.05, 0.1) is 17.9 Å². The van der Waals surface area contributed by atoms with Crippen molar-refractivity contribution in [2.24, 2.45) is 0 Å². The highest BCUT2D eigenvalue weighted by Gasteiger charge is 2.24. The molecule has 1 aromatic carbocycles. The fourth-order valence-corrected chi connectivity index (χ4v) is 1.87. The van der Waals surface area contributed by atoms with E-state index in [2.05, 4.69) is 11.8 Å². The zero-order chi connectivity index (χ0) is 14.5. The van der Waals surface area contributed by atoms with E-state index in [9.17, 15) is 17.2 Å². The molecule has 19 heavy (non-hydrogen) atoms. The fraction of sp³-hybridized carbons (Fsp3) is 0.273. The van der Waals surface area contributed by atoms with E-state index >= 15 is 0 Å². The normalized spacial score (nSPS) is 11.0. The van der Waals surface area contributed by atoms with Crippen LogP contribution >= 0.6 is 11.6 Å². The van der Waals surface area contributed by atoms with Crippen molar-refractivity contribution in [3.63, 3.8) is 0 Å². The van der Waals surface area contributed by atoms with Gasteiger partial charge in [0.2, 0.25) is 0 Å². The minimum absolute atomic E-state index is 0.0878. The van der Waals surface area contributed by atoms with Crippen LogP contribution in [0, 0.1) is 11.8 Å². The standard InChI is InChI=1S/C11H10ClF2NO3S/c12-9-4-5-10(15-19(17,18)11(13)14)8(7-9)3-1-2-6-16/h4-5,7,11,15-16H,2,6H2. The summed E-state index contributed by atoms with van der Waals surface area (Å²) in [5.41, 5.74) is 0.0697. The highest BCUT2D eigenvalue weighted by molar-refractivity contribution is 7.93. The number of hydrogen-bond donors (Lipinski definition) is 2. The number of sulfonamides is 1. The number of alkyl halides is 2. The predicted molar refractivity (Wildman–Crippen MR) is 68.6 cm³/mol. The van der Waals surface area contributed by atoms with E-state index in [0.29, 0.717) is 0 Å². The largest absolute Gasteiger partial charge is 0.395 e. The van der Waals surface area contributed by atoms with Gasteiger partial charge in [-0.3, -0.25) is 4.72 Å². The summed E-state index contributed by atoms with van der Waals surface area (Å²) in [7, 11) is -4.76. The second kappa shape index (κ2) is 6.70. The molecule has 0 radical (unpaired) electrons. The van der Waals surface area contributed by atoms with Crippen LogP contribution in [0.15, 0.2) is 18.2 Å². The van der Waals surface area contributed by atoms with Crippen LogP contribution in [-0.4, -0.2) is 25.9 Å². The first-order valence-corrected chi connectivity index (χ1v) is 6.98. The van der Waals surface area contributed by atoms with Gasteiger partial charge in [0.15, 0.2) is 0 Å². The highest BCUT2D eigenvalue weighted by atomic mass is 35.5. The van der Waals surface area contributed by atoms with Crippen LogP contribution in [0.25, 0.3) is 0 Å². The van der Waals surface area contributed by atoms with Gasteiger partial charge in [-0.05, 0) is 18.2 Å². The van der Waals surface area contributed by atoms with E-state index in [4.69, 9.17) is 16.7 Å². The molecule has 0 saturated carbocycles. The molecule has 0 atom stereocenters. The molecular formula is C11H10ClF2NO3S. The summed E-state index contributed by atoms with van der Waals surface area (Å²) in [6.45, 7) is -0.161. The molecule has 0 aliphatic carbocycles. The molecule has 0 unspecified atom stereocenters. The minimum atomic E-state index is -4.76. The number of nitrogens with one attached hydrogen (secondary N) is 1. The van der Waals surface area contributed by atoms with Gasteiger partial charge in [0.25, 0.3) is 10.0 Å². The van der Waals surface area contributed by atoms with Crippen LogP contribution in [0.4, 0.5) is 14.5 Å². The van der Waals surface area contributed by atoms with Crippen LogP contribution in [-0.2, 0) is 10.0 Å². The predicted octanol–water partition coefficient (Wildman–Crippen LogP) is 2.04.